The molecule has 6 heteroatoms. The first kappa shape index (κ1) is 15.3. The summed E-state index contributed by atoms with van der Waals surface area (Å²) >= 11 is 1.78. The molecular formula is C17H24N4OS. The van der Waals surface area contributed by atoms with Crippen molar-refractivity contribution in [3.05, 3.63) is 34.3 Å². The lowest BCUT2D eigenvalue weighted by molar-refractivity contribution is 0.108. The molecule has 2 aromatic heterocycles. The van der Waals surface area contributed by atoms with E-state index in [2.05, 4.69) is 38.2 Å². The first-order valence-corrected chi connectivity index (χ1v) is 9.49. The summed E-state index contributed by atoms with van der Waals surface area (Å²) in [6.07, 6.45) is 5.96. The van der Waals surface area contributed by atoms with Gasteiger partial charge >= 0.3 is 0 Å². The highest BCUT2D eigenvalue weighted by Crippen LogP contribution is 2.29. The molecule has 1 aliphatic carbocycles. The number of rotatable bonds is 8. The van der Waals surface area contributed by atoms with Gasteiger partial charge in [0, 0.05) is 26.2 Å². The van der Waals surface area contributed by atoms with Crippen LogP contribution in [0.3, 0.4) is 0 Å². The van der Waals surface area contributed by atoms with Gasteiger partial charge in [0.05, 0.1) is 12.8 Å². The number of thiophene rings is 1. The Hall–Kier alpha value is -1.24. The van der Waals surface area contributed by atoms with Crippen molar-refractivity contribution in [2.75, 3.05) is 19.7 Å². The Morgan fingerprint density at radius 1 is 1.26 bits per heavy atom. The Bertz CT molecular complexity index is 608. The molecule has 5 nitrogen and oxygen atoms in total. The van der Waals surface area contributed by atoms with Crippen molar-refractivity contribution in [2.24, 2.45) is 11.8 Å². The standard InChI is InChI=1S/C17H24N4OS/c1-2-14(1)11-22-12-17-10-21(19-18-17)9-15-3-5-20(7-15)8-16-4-6-23-13-16/h4,6,10,13-15H,1-3,5,7-9,11-12H2. The molecule has 124 valence electrons. The maximum Gasteiger partial charge on any atom is 0.108 e. The molecule has 0 bridgehead atoms. The molecule has 1 aliphatic heterocycles. The molecule has 2 fully saturated rings. The predicted molar refractivity (Wildman–Crippen MR) is 90.1 cm³/mol. The summed E-state index contributed by atoms with van der Waals surface area (Å²) in [5.41, 5.74) is 2.39. The van der Waals surface area contributed by atoms with Gasteiger partial charge in [0.25, 0.3) is 0 Å². The van der Waals surface area contributed by atoms with Crippen molar-refractivity contribution in [3.63, 3.8) is 0 Å². The van der Waals surface area contributed by atoms with Gasteiger partial charge in [-0.15, -0.1) is 5.10 Å². The molecular weight excluding hydrogens is 308 g/mol. The van der Waals surface area contributed by atoms with Crippen molar-refractivity contribution in [1.29, 1.82) is 0 Å². The Morgan fingerprint density at radius 2 is 2.22 bits per heavy atom. The zero-order chi connectivity index (χ0) is 15.5. The maximum absolute atomic E-state index is 5.68. The zero-order valence-electron chi connectivity index (χ0n) is 13.4. The quantitative estimate of drug-likeness (QED) is 0.745. The lowest BCUT2D eigenvalue weighted by Gasteiger charge is -2.15. The van der Waals surface area contributed by atoms with Crippen LogP contribution in [0.25, 0.3) is 0 Å². The van der Waals surface area contributed by atoms with Gasteiger partial charge in [0.2, 0.25) is 0 Å². The predicted octanol–water partition coefficient (Wildman–Crippen LogP) is 2.79. The van der Waals surface area contributed by atoms with Gasteiger partial charge in [-0.05, 0) is 60.0 Å². The molecule has 0 radical (unpaired) electrons. The van der Waals surface area contributed by atoms with Gasteiger partial charge < -0.3 is 4.74 Å². The Morgan fingerprint density at radius 3 is 3.04 bits per heavy atom. The molecule has 1 atom stereocenters. The van der Waals surface area contributed by atoms with Gasteiger partial charge in [-0.2, -0.15) is 11.3 Å². The Labute approximate surface area is 141 Å². The largest absolute Gasteiger partial charge is 0.375 e. The Balaban J connectivity index is 1.21. The van der Waals surface area contributed by atoms with Crippen molar-refractivity contribution in [3.8, 4) is 0 Å². The fourth-order valence-corrected chi connectivity index (χ4v) is 3.88. The fraction of sp³-hybridized carbons (Fsp3) is 0.647. The molecule has 0 amide bonds. The lowest BCUT2D eigenvalue weighted by atomic mass is 10.1. The summed E-state index contributed by atoms with van der Waals surface area (Å²) < 4.78 is 7.67. The first-order chi connectivity index (χ1) is 11.3. The molecule has 0 N–H and O–H groups in total. The topological polar surface area (TPSA) is 43.2 Å². The van der Waals surface area contributed by atoms with E-state index >= 15 is 0 Å². The van der Waals surface area contributed by atoms with Crippen LogP contribution in [0.4, 0.5) is 0 Å². The summed E-state index contributed by atoms with van der Waals surface area (Å²) in [6, 6.07) is 2.23. The highest BCUT2D eigenvalue weighted by atomic mass is 32.1. The molecule has 1 unspecified atom stereocenters. The molecule has 0 aromatic carbocycles. The van der Waals surface area contributed by atoms with Crippen LogP contribution in [-0.4, -0.2) is 39.6 Å². The molecule has 2 aliphatic rings. The van der Waals surface area contributed by atoms with Gasteiger partial charge in [0.1, 0.15) is 5.69 Å². The molecule has 1 saturated heterocycles. The second-order valence-electron chi connectivity index (χ2n) is 6.91. The number of nitrogens with zero attached hydrogens (tertiary/aromatic N) is 4. The number of ether oxygens (including phenoxy) is 1. The van der Waals surface area contributed by atoms with Crippen LogP contribution in [0.1, 0.15) is 30.5 Å². The van der Waals surface area contributed by atoms with Crippen molar-refractivity contribution in [1.82, 2.24) is 19.9 Å². The van der Waals surface area contributed by atoms with Crippen LogP contribution in [0.2, 0.25) is 0 Å². The zero-order valence-corrected chi connectivity index (χ0v) is 14.2. The smallest absolute Gasteiger partial charge is 0.108 e. The van der Waals surface area contributed by atoms with Crippen LogP contribution < -0.4 is 0 Å². The SMILES string of the molecule is c1cc(CN2CCC(Cn3cc(COCC4CC4)nn3)C2)cs1. The monoisotopic (exact) mass is 332 g/mol. The summed E-state index contributed by atoms with van der Waals surface area (Å²) in [5, 5.41) is 12.9. The first-order valence-electron chi connectivity index (χ1n) is 8.55. The second kappa shape index (κ2) is 7.11. The van der Waals surface area contributed by atoms with Gasteiger partial charge in [-0.1, -0.05) is 5.21 Å². The number of aromatic nitrogens is 3. The molecule has 0 spiro atoms. The maximum atomic E-state index is 5.68. The highest BCUT2D eigenvalue weighted by Gasteiger charge is 2.24. The van der Waals surface area contributed by atoms with Gasteiger partial charge in [-0.25, -0.2) is 0 Å². The van der Waals surface area contributed by atoms with E-state index in [0.717, 1.165) is 37.9 Å². The lowest BCUT2D eigenvalue weighted by Crippen LogP contribution is -2.21. The third kappa shape index (κ3) is 4.40. The Kier molecular flexibility index (Phi) is 4.73. The summed E-state index contributed by atoms with van der Waals surface area (Å²) in [4.78, 5) is 2.54. The summed E-state index contributed by atoms with van der Waals surface area (Å²) in [7, 11) is 0. The normalized spacial score (nSPS) is 22.0. The third-order valence-corrected chi connectivity index (χ3v) is 5.42. The summed E-state index contributed by atoms with van der Waals surface area (Å²) in [6.45, 7) is 5.88. The molecule has 3 heterocycles. The average Bonchev–Trinajstić information content (AvgIpc) is 2.96. The summed E-state index contributed by atoms with van der Waals surface area (Å²) in [5.74, 6) is 1.48. The van der Waals surface area contributed by atoms with Crippen molar-refractivity contribution in [2.45, 2.75) is 39.0 Å². The van der Waals surface area contributed by atoms with Crippen LogP contribution in [0.15, 0.2) is 23.0 Å². The van der Waals surface area contributed by atoms with E-state index in [1.165, 1.54) is 31.4 Å². The molecule has 23 heavy (non-hydrogen) atoms. The third-order valence-electron chi connectivity index (χ3n) is 4.69. The minimum absolute atomic E-state index is 0.603. The average molecular weight is 332 g/mol. The fourth-order valence-electron chi connectivity index (χ4n) is 3.22. The van der Waals surface area contributed by atoms with E-state index in [1.54, 1.807) is 11.3 Å². The van der Waals surface area contributed by atoms with E-state index in [1.807, 2.05) is 4.68 Å². The minimum atomic E-state index is 0.603. The van der Waals surface area contributed by atoms with E-state index < -0.39 is 0 Å². The van der Waals surface area contributed by atoms with Crippen LogP contribution in [-0.2, 0) is 24.4 Å². The van der Waals surface area contributed by atoms with Gasteiger partial charge in [0.15, 0.2) is 0 Å². The van der Waals surface area contributed by atoms with E-state index in [4.69, 9.17) is 4.74 Å². The minimum Gasteiger partial charge on any atom is -0.375 e. The van der Waals surface area contributed by atoms with E-state index in [0.29, 0.717) is 12.5 Å². The highest BCUT2D eigenvalue weighted by molar-refractivity contribution is 7.07. The number of hydrogen-bond donors (Lipinski definition) is 0. The van der Waals surface area contributed by atoms with Gasteiger partial charge in [-0.3, -0.25) is 9.58 Å². The van der Waals surface area contributed by atoms with Crippen molar-refractivity contribution >= 4 is 11.3 Å². The number of likely N-dealkylation sites (tertiary alicyclic amines) is 1. The van der Waals surface area contributed by atoms with Crippen LogP contribution in [0, 0.1) is 11.8 Å². The van der Waals surface area contributed by atoms with Crippen molar-refractivity contribution < 1.29 is 4.74 Å². The van der Waals surface area contributed by atoms with E-state index in [9.17, 15) is 0 Å². The molecule has 1 saturated carbocycles. The van der Waals surface area contributed by atoms with Crippen LogP contribution >= 0.6 is 11.3 Å². The van der Waals surface area contributed by atoms with E-state index in [-0.39, 0.29) is 0 Å². The van der Waals surface area contributed by atoms with Crippen LogP contribution in [0.5, 0.6) is 0 Å². The number of hydrogen-bond acceptors (Lipinski definition) is 5. The second-order valence-corrected chi connectivity index (χ2v) is 7.69. The molecule has 4 rings (SSSR count). The molecule has 2 aromatic rings.